The molecule has 1 unspecified atom stereocenters. The second kappa shape index (κ2) is 7.71. The average Bonchev–Trinajstić information content (AvgIpc) is 2.97. The third-order valence-electron chi connectivity index (χ3n) is 3.14. The first-order valence-electron chi connectivity index (χ1n) is 6.77. The van der Waals surface area contributed by atoms with Gasteiger partial charge in [0, 0.05) is 31.6 Å². The van der Waals surface area contributed by atoms with Crippen LogP contribution in [0.1, 0.15) is 24.4 Å². The molecule has 0 saturated heterocycles. The summed E-state index contributed by atoms with van der Waals surface area (Å²) >= 11 is 0. The highest BCUT2D eigenvalue weighted by molar-refractivity contribution is 5.18. The monoisotopic (exact) mass is 259 g/mol. The number of aliphatic hydroxyl groups excluding tert-OH is 1. The van der Waals surface area contributed by atoms with Crippen molar-refractivity contribution in [2.45, 2.75) is 25.4 Å². The van der Waals surface area contributed by atoms with Crippen LogP contribution in [0.15, 0.2) is 48.8 Å². The molecule has 0 aliphatic rings. The molecule has 0 bridgehead atoms. The zero-order chi connectivity index (χ0) is 13.3. The SMILES string of the molecule is OCCCC(NCCn1cccn1)c1ccccc1. The number of rotatable bonds is 8. The highest BCUT2D eigenvalue weighted by atomic mass is 16.2. The molecule has 0 fully saturated rings. The second-order valence-electron chi connectivity index (χ2n) is 4.55. The molecule has 0 saturated carbocycles. The molecule has 0 radical (unpaired) electrons. The zero-order valence-corrected chi connectivity index (χ0v) is 11.1. The van der Waals surface area contributed by atoms with E-state index in [1.165, 1.54) is 5.56 Å². The van der Waals surface area contributed by atoms with Gasteiger partial charge in [0.1, 0.15) is 0 Å². The first-order valence-corrected chi connectivity index (χ1v) is 6.77. The predicted molar refractivity (Wildman–Crippen MR) is 75.7 cm³/mol. The van der Waals surface area contributed by atoms with Crippen molar-refractivity contribution < 1.29 is 5.11 Å². The Balaban J connectivity index is 1.87. The summed E-state index contributed by atoms with van der Waals surface area (Å²) in [4.78, 5) is 0. The fourth-order valence-corrected chi connectivity index (χ4v) is 2.15. The van der Waals surface area contributed by atoms with Gasteiger partial charge in [-0.3, -0.25) is 4.68 Å². The van der Waals surface area contributed by atoms with E-state index in [2.05, 4.69) is 34.7 Å². The van der Waals surface area contributed by atoms with Gasteiger partial charge in [-0.25, -0.2) is 0 Å². The number of aliphatic hydroxyl groups is 1. The summed E-state index contributed by atoms with van der Waals surface area (Å²) in [6.45, 7) is 1.96. The molecule has 2 rings (SSSR count). The molecule has 4 nitrogen and oxygen atoms in total. The van der Waals surface area contributed by atoms with Crippen LogP contribution in [0, 0.1) is 0 Å². The fraction of sp³-hybridized carbons (Fsp3) is 0.400. The van der Waals surface area contributed by atoms with Crippen LogP contribution in [0.2, 0.25) is 0 Å². The topological polar surface area (TPSA) is 50.1 Å². The molecule has 1 aromatic heterocycles. The Labute approximate surface area is 114 Å². The number of benzene rings is 1. The highest BCUT2D eigenvalue weighted by Gasteiger charge is 2.09. The maximum Gasteiger partial charge on any atom is 0.0534 e. The summed E-state index contributed by atoms with van der Waals surface area (Å²) < 4.78 is 1.92. The Hall–Kier alpha value is -1.65. The van der Waals surface area contributed by atoms with E-state index in [9.17, 15) is 0 Å². The van der Waals surface area contributed by atoms with Crippen molar-refractivity contribution in [3.63, 3.8) is 0 Å². The van der Waals surface area contributed by atoms with Gasteiger partial charge in [-0.1, -0.05) is 30.3 Å². The van der Waals surface area contributed by atoms with Gasteiger partial charge in [0.05, 0.1) is 6.54 Å². The van der Waals surface area contributed by atoms with Crippen molar-refractivity contribution in [3.8, 4) is 0 Å². The summed E-state index contributed by atoms with van der Waals surface area (Å²) in [6, 6.07) is 12.6. The van der Waals surface area contributed by atoms with Gasteiger partial charge in [0.25, 0.3) is 0 Å². The van der Waals surface area contributed by atoms with Gasteiger partial charge in [-0.2, -0.15) is 5.10 Å². The number of nitrogens with zero attached hydrogens (tertiary/aromatic N) is 2. The molecular formula is C15H21N3O. The Morgan fingerprint density at radius 3 is 2.74 bits per heavy atom. The first-order chi connectivity index (χ1) is 9.40. The molecule has 0 spiro atoms. The summed E-state index contributed by atoms with van der Waals surface area (Å²) in [5.74, 6) is 0. The molecule has 1 atom stereocenters. The maximum atomic E-state index is 9.00. The molecule has 1 aromatic carbocycles. The van der Waals surface area contributed by atoms with Crippen molar-refractivity contribution in [2.24, 2.45) is 0 Å². The van der Waals surface area contributed by atoms with Crippen LogP contribution in [-0.2, 0) is 6.54 Å². The Kier molecular flexibility index (Phi) is 5.59. The largest absolute Gasteiger partial charge is 0.396 e. The third kappa shape index (κ3) is 4.50. The van der Waals surface area contributed by atoms with Crippen LogP contribution in [0.3, 0.4) is 0 Å². The zero-order valence-electron chi connectivity index (χ0n) is 11.1. The maximum absolute atomic E-state index is 9.00. The lowest BCUT2D eigenvalue weighted by Crippen LogP contribution is -2.25. The quantitative estimate of drug-likeness (QED) is 0.762. The average molecular weight is 259 g/mol. The lowest BCUT2D eigenvalue weighted by molar-refractivity contribution is 0.274. The lowest BCUT2D eigenvalue weighted by atomic mass is 10.0. The van der Waals surface area contributed by atoms with Crippen LogP contribution in [0.25, 0.3) is 0 Å². The normalized spacial score (nSPS) is 12.5. The smallest absolute Gasteiger partial charge is 0.0534 e. The number of aromatic nitrogens is 2. The van der Waals surface area contributed by atoms with E-state index in [4.69, 9.17) is 5.11 Å². The van der Waals surface area contributed by atoms with E-state index in [0.29, 0.717) is 6.04 Å². The summed E-state index contributed by atoms with van der Waals surface area (Å²) in [5.41, 5.74) is 1.27. The molecule has 0 amide bonds. The minimum absolute atomic E-state index is 0.240. The summed E-state index contributed by atoms with van der Waals surface area (Å²) in [5, 5.41) is 16.7. The van der Waals surface area contributed by atoms with Gasteiger partial charge in [0.2, 0.25) is 0 Å². The predicted octanol–water partition coefficient (Wildman–Crippen LogP) is 1.99. The van der Waals surface area contributed by atoms with E-state index in [-0.39, 0.29) is 6.61 Å². The minimum Gasteiger partial charge on any atom is -0.396 e. The van der Waals surface area contributed by atoms with Crippen molar-refractivity contribution in [3.05, 3.63) is 54.4 Å². The molecular weight excluding hydrogens is 238 g/mol. The Morgan fingerprint density at radius 1 is 1.21 bits per heavy atom. The number of hydrogen-bond donors (Lipinski definition) is 2. The molecule has 0 aliphatic carbocycles. The van der Waals surface area contributed by atoms with Crippen molar-refractivity contribution in [2.75, 3.05) is 13.2 Å². The molecule has 4 heteroatoms. The lowest BCUT2D eigenvalue weighted by Gasteiger charge is -2.19. The number of hydrogen-bond acceptors (Lipinski definition) is 3. The van der Waals surface area contributed by atoms with Crippen LogP contribution in [0.5, 0.6) is 0 Å². The van der Waals surface area contributed by atoms with Gasteiger partial charge in [-0.15, -0.1) is 0 Å². The van der Waals surface area contributed by atoms with Gasteiger partial charge >= 0.3 is 0 Å². The molecule has 2 aromatic rings. The third-order valence-corrected chi connectivity index (χ3v) is 3.14. The molecule has 2 N–H and O–H groups in total. The molecule has 19 heavy (non-hydrogen) atoms. The Bertz CT molecular complexity index is 442. The highest BCUT2D eigenvalue weighted by Crippen LogP contribution is 2.17. The van der Waals surface area contributed by atoms with Crippen LogP contribution in [0.4, 0.5) is 0 Å². The first kappa shape index (κ1) is 13.8. The van der Waals surface area contributed by atoms with Crippen molar-refractivity contribution in [1.29, 1.82) is 0 Å². The second-order valence-corrected chi connectivity index (χ2v) is 4.55. The van der Waals surface area contributed by atoms with Gasteiger partial charge in [-0.05, 0) is 24.5 Å². The van der Waals surface area contributed by atoms with Crippen LogP contribution < -0.4 is 5.32 Å². The van der Waals surface area contributed by atoms with Crippen LogP contribution >= 0.6 is 0 Å². The summed E-state index contributed by atoms with van der Waals surface area (Å²) in [7, 11) is 0. The van der Waals surface area contributed by atoms with Gasteiger partial charge in [0.15, 0.2) is 0 Å². The number of nitrogens with one attached hydrogen (secondary N) is 1. The minimum atomic E-state index is 0.240. The van der Waals surface area contributed by atoms with Crippen LogP contribution in [-0.4, -0.2) is 28.0 Å². The molecule has 0 aliphatic heterocycles. The van der Waals surface area contributed by atoms with E-state index in [1.54, 1.807) is 6.20 Å². The van der Waals surface area contributed by atoms with E-state index < -0.39 is 0 Å². The van der Waals surface area contributed by atoms with E-state index in [0.717, 1.165) is 25.9 Å². The Morgan fingerprint density at radius 2 is 2.05 bits per heavy atom. The van der Waals surface area contributed by atoms with E-state index >= 15 is 0 Å². The molecule has 1 heterocycles. The fourth-order valence-electron chi connectivity index (χ4n) is 2.15. The van der Waals surface area contributed by atoms with E-state index in [1.807, 2.05) is 23.0 Å². The van der Waals surface area contributed by atoms with Crippen molar-refractivity contribution in [1.82, 2.24) is 15.1 Å². The van der Waals surface area contributed by atoms with Gasteiger partial charge < -0.3 is 10.4 Å². The summed E-state index contributed by atoms with van der Waals surface area (Å²) in [6.07, 6.45) is 5.52. The molecule has 102 valence electrons. The van der Waals surface area contributed by atoms with Crippen molar-refractivity contribution >= 4 is 0 Å². The standard InChI is InChI=1S/C15H21N3O/c19-13-4-8-15(14-6-2-1-3-7-14)16-10-12-18-11-5-9-17-18/h1-3,5-7,9,11,15-16,19H,4,8,10,12-13H2.